The van der Waals surface area contributed by atoms with Gasteiger partial charge in [-0.25, -0.2) is 5.14 Å². The van der Waals surface area contributed by atoms with Gasteiger partial charge in [0.05, 0.1) is 0 Å². The Kier molecular flexibility index (Phi) is 3.39. The quantitative estimate of drug-likeness (QED) is 0.698. The molecule has 0 bridgehead atoms. The lowest BCUT2D eigenvalue weighted by Gasteiger charge is -2.28. The summed E-state index contributed by atoms with van der Waals surface area (Å²) in [6.07, 6.45) is 3.88. The summed E-state index contributed by atoms with van der Waals surface area (Å²) < 4.78 is 23.1. The van der Waals surface area contributed by atoms with E-state index in [4.69, 9.17) is 5.14 Å². The summed E-state index contributed by atoms with van der Waals surface area (Å²) in [5.74, 6) is 0. The van der Waals surface area contributed by atoms with Gasteiger partial charge in [-0.05, 0) is 19.1 Å². The first-order chi connectivity index (χ1) is 5.54. The number of piperidine rings is 1. The molecule has 1 saturated heterocycles. The summed E-state index contributed by atoms with van der Waals surface area (Å²) in [6, 6.07) is 0. The topological polar surface area (TPSA) is 63.4 Å². The molecule has 1 aliphatic heterocycles. The molecule has 2 N–H and O–H groups in total. The fourth-order valence-electron chi connectivity index (χ4n) is 1.32. The van der Waals surface area contributed by atoms with Crippen LogP contribution < -0.4 is 5.14 Å². The SMILES string of the molecule is CSC1CCN(S(N)(=O)=O)CC1. The number of thioether (sulfide) groups is 1. The highest BCUT2D eigenvalue weighted by atomic mass is 32.2. The van der Waals surface area contributed by atoms with Crippen molar-refractivity contribution >= 4 is 22.0 Å². The normalized spacial score (nSPS) is 22.8. The fraction of sp³-hybridized carbons (Fsp3) is 1.00. The van der Waals surface area contributed by atoms with Gasteiger partial charge in [-0.2, -0.15) is 24.5 Å². The van der Waals surface area contributed by atoms with E-state index in [0.717, 1.165) is 12.8 Å². The van der Waals surface area contributed by atoms with Crippen molar-refractivity contribution in [3.63, 3.8) is 0 Å². The first-order valence-electron chi connectivity index (χ1n) is 3.84. The van der Waals surface area contributed by atoms with Gasteiger partial charge in [0.2, 0.25) is 0 Å². The molecule has 0 aromatic heterocycles. The van der Waals surface area contributed by atoms with Crippen LogP contribution in [-0.4, -0.2) is 37.3 Å². The fourth-order valence-corrected chi connectivity index (χ4v) is 2.72. The van der Waals surface area contributed by atoms with Crippen molar-refractivity contribution in [2.75, 3.05) is 19.3 Å². The van der Waals surface area contributed by atoms with Crippen LogP contribution >= 0.6 is 11.8 Å². The van der Waals surface area contributed by atoms with E-state index in [-0.39, 0.29) is 0 Å². The number of nitrogens with two attached hydrogens (primary N) is 1. The van der Waals surface area contributed by atoms with E-state index in [0.29, 0.717) is 18.3 Å². The first kappa shape index (κ1) is 10.3. The van der Waals surface area contributed by atoms with Gasteiger partial charge < -0.3 is 0 Å². The molecule has 0 amide bonds. The van der Waals surface area contributed by atoms with E-state index in [1.165, 1.54) is 4.31 Å². The maximum absolute atomic E-state index is 10.9. The molecule has 0 unspecified atom stereocenters. The van der Waals surface area contributed by atoms with Gasteiger partial charge in [0, 0.05) is 18.3 Å². The lowest BCUT2D eigenvalue weighted by Crippen LogP contribution is -2.42. The molecule has 0 atom stereocenters. The van der Waals surface area contributed by atoms with Crippen LogP contribution in [0.1, 0.15) is 12.8 Å². The van der Waals surface area contributed by atoms with Crippen molar-refractivity contribution in [2.45, 2.75) is 18.1 Å². The average Bonchev–Trinajstić information content (AvgIpc) is 2.03. The Morgan fingerprint density at radius 3 is 2.25 bits per heavy atom. The van der Waals surface area contributed by atoms with Crippen LogP contribution in [0.4, 0.5) is 0 Å². The first-order valence-corrected chi connectivity index (χ1v) is 6.64. The molecule has 0 aromatic rings. The Labute approximate surface area is 77.7 Å². The van der Waals surface area contributed by atoms with Gasteiger partial charge in [0.15, 0.2) is 0 Å². The lowest BCUT2D eigenvalue weighted by molar-refractivity contribution is 0.353. The predicted molar refractivity (Wildman–Crippen MR) is 51.2 cm³/mol. The molecule has 0 aromatic carbocycles. The number of hydrogen-bond donors (Lipinski definition) is 1. The molecule has 0 spiro atoms. The van der Waals surface area contributed by atoms with Crippen molar-refractivity contribution < 1.29 is 8.42 Å². The molecular formula is C6H14N2O2S2. The highest BCUT2D eigenvalue weighted by molar-refractivity contribution is 7.99. The molecule has 1 rings (SSSR count). The van der Waals surface area contributed by atoms with Crippen molar-refractivity contribution in [2.24, 2.45) is 5.14 Å². The van der Waals surface area contributed by atoms with E-state index in [1.54, 1.807) is 11.8 Å². The van der Waals surface area contributed by atoms with Crippen LogP contribution in [0.2, 0.25) is 0 Å². The monoisotopic (exact) mass is 210 g/mol. The summed E-state index contributed by atoms with van der Waals surface area (Å²) in [7, 11) is -3.43. The molecule has 6 heteroatoms. The number of rotatable bonds is 2. The minimum absolute atomic E-state index is 0.574. The number of nitrogens with zero attached hydrogens (tertiary/aromatic N) is 1. The van der Waals surface area contributed by atoms with Crippen molar-refractivity contribution in [3.05, 3.63) is 0 Å². The van der Waals surface area contributed by atoms with Crippen LogP contribution in [0.3, 0.4) is 0 Å². The summed E-state index contributed by atoms with van der Waals surface area (Å²) in [6.45, 7) is 1.15. The second-order valence-electron chi connectivity index (χ2n) is 2.88. The standard InChI is InChI=1S/C6H14N2O2S2/c1-11-6-2-4-8(5-3-6)12(7,9)10/h6H,2-5H2,1H3,(H2,7,9,10). The molecule has 0 saturated carbocycles. The third-order valence-electron chi connectivity index (χ3n) is 2.09. The van der Waals surface area contributed by atoms with E-state index in [9.17, 15) is 8.42 Å². The largest absolute Gasteiger partial charge is 0.276 e. The van der Waals surface area contributed by atoms with Crippen LogP contribution in [0.15, 0.2) is 0 Å². The van der Waals surface area contributed by atoms with Crippen LogP contribution in [-0.2, 0) is 10.2 Å². The third-order valence-corrected chi connectivity index (χ3v) is 4.32. The predicted octanol–water partition coefficient (Wildman–Crippen LogP) is 0.0173. The second-order valence-corrected chi connectivity index (χ2v) is 5.56. The smallest absolute Gasteiger partial charge is 0.216 e. The highest BCUT2D eigenvalue weighted by Crippen LogP contribution is 2.21. The Balaban J connectivity index is 2.47. The second kappa shape index (κ2) is 3.95. The van der Waals surface area contributed by atoms with Gasteiger partial charge in [-0.1, -0.05) is 0 Å². The van der Waals surface area contributed by atoms with Gasteiger partial charge >= 0.3 is 0 Å². The van der Waals surface area contributed by atoms with Crippen molar-refractivity contribution in [1.82, 2.24) is 4.31 Å². The Morgan fingerprint density at radius 2 is 1.92 bits per heavy atom. The van der Waals surface area contributed by atoms with Crippen molar-refractivity contribution in [3.8, 4) is 0 Å². The Morgan fingerprint density at radius 1 is 1.42 bits per heavy atom. The molecule has 1 heterocycles. The molecule has 12 heavy (non-hydrogen) atoms. The van der Waals surface area contributed by atoms with Gasteiger partial charge in [0.25, 0.3) is 10.2 Å². The van der Waals surface area contributed by atoms with Crippen LogP contribution in [0.5, 0.6) is 0 Å². The summed E-state index contributed by atoms with van der Waals surface area (Å²) in [5.41, 5.74) is 0. The summed E-state index contributed by atoms with van der Waals surface area (Å²) in [5, 5.41) is 5.59. The molecule has 1 aliphatic rings. The van der Waals surface area contributed by atoms with Gasteiger partial charge in [-0.15, -0.1) is 0 Å². The summed E-state index contributed by atoms with van der Waals surface area (Å²) in [4.78, 5) is 0. The molecule has 0 aliphatic carbocycles. The molecule has 1 fully saturated rings. The molecular weight excluding hydrogens is 196 g/mol. The Bertz CT molecular complexity index is 232. The minimum atomic E-state index is -3.43. The lowest BCUT2D eigenvalue weighted by atomic mass is 10.2. The summed E-state index contributed by atoms with van der Waals surface area (Å²) >= 11 is 1.80. The Hall–Kier alpha value is 0.220. The zero-order chi connectivity index (χ0) is 9.19. The van der Waals surface area contributed by atoms with E-state index >= 15 is 0 Å². The molecule has 72 valence electrons. The van der Waals surface area contributed by atoms with Gasteiger partial charge in [0.1, 0.15) is 0 Å². The minimum Gasteiger partial charge on any atom is -0.216 e. The molecule has 4 nitrogen and oxygen atoms in total. The highest BCUT2D eigenvalue weighted by Gasteiger charge is 2.24. The van der Waals surface area contributed by atoms with Gasteiger partial charge in [-0.3, -0.25) is 0 Å². The zero-order valence-electron chi connectivity index (χ0n) is 7.06. The average molecular weight is 210 g/mol. The molecule has 0 radical (unpaired) electrons. The zero-order valence-corrected chi connectivity index (χ0v) is 8.70. The van der Waals surface area contributed by atoms with E-state index in [2.05, 4.69) is 6.26 Å². The maximum Gasteiger partial charge on any atom is 0.276 e. The third kappa shape index (κ3) is 2.62. The van der Waals surface area contributed by atoms with E-state index in [1.807, 2.05) is 0 Å². The maximum atomic E-state index is 10.9. The number of hydrogen-bond acceptors (Lipinski definition) is 3. The van der Waals surface area contributed by atoms with E-state index < -0.39 is 10.2 Å². The van der Waals surface area contributed by atoms with Crippen LogP contribution in [0.25, 0.3) is 0 Å². The van der Waals surface area contributed by atoms with Crippen LogP contribution in [0, 0.1) is 0 Å². The van der Waals surface area contributed by atoms with Crippen molar-refractivity contribution in [1.29, 1.82) is 0 Å².